The van der Waals surface area contributed by atoms with E-state index >= 15 is 0 Å². The van der Waals surface area contributed by atoms with Gasteiger partial charge in [0.25, 0.3) is 0 Å². The second-order valence-electron chi connectivity index (χ2n) is 4.51. The first-order valence-corrected chi connectivity index (χ1v) is 6.68. The summed E-state index contributed by atoms with van der Waals surface area (Å²) in [6.07, 6.45) is 0. The fourth-order valence-corrected chi connectivity index (χ4v) is 3.52. The van der Waals surface area contributed by atoms with E-state index in [4.69, 9.17) is 5.11 Å². The summed E-state index contributed by atoms with van der Waals surface area (Å²) in [6.45, 7) is 3.33. The van der Waals surface area contributed by atoms with Gasteiger partial charge in [-0.05, 0) is 13.8 Å². The number of hydrogen-bond acceptors (Lipinski definition) is 4. The van der Waals surface area contributed by atoms with Gasteiger partial charge < -0.3 is 10.0 Å². The number of carbonyl (C=O) groups is 2. The Labute approximate surface area is 100 Å². The van der Waals surface area contributed by atoms with E-state index in [1.165, 1.54) is 18.7 Å². The standard InChI is InChI=1S/C9H16N2O5S/c1-9(2)8(14)10(3)4-5-11(9)17(15,16)6-7(12)13/h4-6H2,1-3H3,(H,12,13). The maximum Gasteiger partial charge on any atom is 0.320 e. The van der Waals surface area contributed by atoms with Crippen LogP contribution in [-0.4, -0.2) is 66.0 Å². The Morgan fingerprint density at radius 2 is 1.94 bits per heavy atom. The lowest BCUT2D eigenvalue weighted by Gasteiger charge is -2.43. The summed E-state index contributed by atoms with van der Waals surface area (Å²) in [6, 6.07) is 0. The first-order chi connectivity index (χ1) is 7.59. The quantitative estimate of drug-likeness (QED) is 0.702. The predicted molar refractivity (Wildman–Crippen MR) is 59.8 cm³/mol. The van der Waals surface area contributed by atoms with Crippen molar-refractivity contribution in [2.45, 2.75) is 19.4 Å². The molecule has 1 saturated heterocycles. The van der Waals surface area contributed by atoms with Crippen LogP contribution in [0, 0.1) is 0 Å². The first-order valence-electron chi connectivity index (χ1n) is 5.07. The molecule has 0 unspecified atom stereocenters. The van der Waals surface area contributed by atoms with E-state index in [-0.39, 0.29) is 19.0 Å². The minimum Gasteiger partial charge on any atom is -0.480 e. The van der Waals surface area contributed by atoms with Crippen LogP contribution in [0.2, 0.25) is 0 Å². The third kappa shape index (κ3) is 2.58. The average molecular weight is 264 g/mol. The molecular formula is C9H16N2O5S. The van der Waals surface area contributed by atoms with Crippen LogP contribution < -0.4 is 0 Å². The molecule has 1 aliphatic rings. The molecule has 0 aromatic heterocycles. The number of carbonyl (C=O) groups excluding carboxylic acids is 1. The number of likely N-dealkylation sites (N-methyl/N-ethyl adjacent to an activating group) is 1. The van der Waals surface area contributed by atoms with Gasteiger partial charge in [0.2, 0.25) is 15.9 Å². The Bertz CT molecular complexity index is 442. The van der Waals surface area contributed by atoms with Crippen molar-refractivity contribution in [2.24, 2.45) is 0 Å². The molecule has 1 heterocycles. The van der Waals surface area contributed by atoms with Gasteiger partial charge in [0.05, 0.1) is 0 Å². The molecule has 17 heavy (non-hydrogen) atoms. The summed E-state index contributed by atoms with van der Waals surface area (Å²) in [5.74, 6) is -2.75. The lowest BCUT2D eigenvalue weighted by atomic mass is 10.0. The van der Waals surface area contributed by atoms with Crippen LogP contribution in [0.15, 0.2) is 0 Å². The molecule has 0 aliphatic carbocycles. The predicted octanol–water partition coefficient (Wildman–Crippen LogP) is -1.05. The summed E-state index contributed by atoms with van der Waals surface area (Å²) in [7, 11) is -2.37. The molecule has 0 spiro atoms. The molecule has 98 valence electrons. The fourth-order valence-electron chi connectivity index (χ4n) is 1.92. The number of sulfonamides is 1. The molecule has 0 aromatic rings. The van der Waals surface area contributed by atoms with E-state index in [0.29, 0.717) is 0 Å². The van der Waals surface area contributed by atoms with Crippen LogP contribution in [0.5, 0.6) is 0 Å². The van der Waals surface area contributed by atoms with Gasteiger partial charge in [-0.1, -0.05) is 0 Å². The minimum absolute atomic E-state index is 0.116. The maximum atomic E-state index is 11.9. The summed E-state index contributed by atoms with van der Waals surface area (Å²) < 4.78 is 24.6. The van der Waals surface area contributed by atoms with Crippen LogP contribution in [0.25, 0.3) is 0 Å². The van der Waals surface area contributed by atoms with Gasteiger partial charge in [0, 0.05) is 20.1 Å². The molecule has 8 heteroatoms. The number of aliphatic carboxylic acids is 1. The maximum absolute atomic E-state index is 11.9. The number of amides is 1. The Morgan fingerprint density at radius 1 is 1.41 bits per heavy atom. The van der Waals surface area contributed by atoms with Crippen LogP contribution in [-0.2, 0) is 19.6 Å². The summed E-state index contributed by atoms with van der Waals surface area (Å²) in [4.78, 5) is 23.8. The minimum atomic E-state index is -3.96. The van der Waals surface area contributed by atoms with Gasteiger partial charge in [-0.15, -0.1) is 0 Å². The van der Waals surface area contributed by atoms with E-state index < -0.39 is 27.3 Å². The molecule has 1 rings (SSSR count). The molecule has 1 amide bonds. The lowest BCUT2D eigenvalue weighted by molar-refractivity contribution is -0.143. The molecule has 0 saturated carbocycles. The highest BCUT2D eigenvalue weighted by Gasteiger charge is 2.46. The van der Waals surface area contributed by atoms with Crippen molar-refractivity contribution in [1.29, 1.82) is 0 Å². The lowest BCUT2D eigenvalue weighted by Crippen LogP contribution is -2.64. The Hall–Kier alpha value is -1.15. The Morgan fingerprint density at radius 3 is 2.41 bits per heavy atom. The second-order valence-corrected chi connectivity index (χ2v) is 6.40. The van der Waals surface area contributed by atoms with Gasteiger partial charge in [0.1, 0.15) is 5.54 Å². The van der Waals surface area contributed by atoms with Gasteiger partial charge in [-0.3, -0.25) is 9.59 Å². The monoisotopic (exact) mass is 264 g/mol. The number of nitrogens with zero attached hydrogens (tertiary/aromatic N) is 2. The molecule has 0 atom stereocenters. The molecule has 1 N–H and O–H groups in total. The molecule has 0 radical (unpaired) electrons. The van der Waals surface area contributed by atoms with Crippen molar-refractivity contribution in [3.8, 4) is 0 Å². The van der Waals surface area contributed by atoms with Gasteiger partial charge in [-0.2, -0.15) is 4.31 Å². The third-order valence-electron chi connectivity index (χ3n) is 2.77. The third-order valence-corrected chi connectivity index (χ3v) is 4.70. The zero-order valence-electron chi connectivity index (χ0n) is 10.0. The van der Waals surface area contributed by atoms with Crippen molar-refractivity contribution in [3.05, 3.63) is 0 Å². The van der Waals surface area contributed by atoms with Crippen molar-refractivity contribution in [1.82, 2.24) is 9.21 Å². The molecule has 1 fully saturated rings. The first kappa shape index (κ1) is 13.9. The van der Waals surface area contributed by atoms with Crippen LogP contribution in [0.1, 0.15) is 13.8 Å². The number of rotatable bonds is 3. The van der Waals surface area contributed by atoms with Gasteiger partial charge in [0.15, 0.2) is 5.75 Å². The number of piperazine rings is 1. The van der Waals surface area contributed by atoms with Crippen molar-refractivity contribution >= 4 is 21.9 Å². The van der Waals surface area contributed by atoms with Crippen LogP contribution >= 0.6 is 0 Å². The molecular weight excluding hydrogens is 248 g/mol. The highest BCUT2D eigenvalue weighted by atomic mass is 32.2. The summed E-state index contributed by atoms with van der Waals surface area (Å²) in [5.41, 5.74) is -1.23. The summed E-state index contributed by atoms with van der Waals surface area (Å²) >= 11 is 0. The molecule has 0 aromatic carbocycles. The topological polar surface area (TPSA) is 95.0 Å². The summed E-state index contributed by atoms with van der Waals surface area (Å²) in [5, 5.41) is 8.57. The highest BCUT2D eigenvalue weighted by Crippen LogP contribution is 2.25. The van der Waals surface area contributed by atoms with E-state index in [2.05, 4.69) is 0 Å². The van der Waals surface area contributed by atoms with E-state index in [1.807, 2.05) is 0 Å². The van der Waals surface area contributed by atoms with Crippen molar-refractivity contribution in [2.75, 3.05) is 25.9 Å². The fraction of sp³-hybridized carbons (Fsp3) is 0.778. The normalized spacial score (nSPS) is 21.6. The van der Waals surface area contributed by atoms with Gasteiger partial charge in [-0.25, -0.2) is 8.42 Å². The van der Waals surface area contributed by atoms with E-state index in [0.717, 1.165) is 4.31 Å². The smallest absolute Gasteiger partial charge is 0.320 e. The number of carboxylic acid groups (broad SMARTS) is 1. The SMILES string of the molecule is CN1CCN(S(=O)(=O)CC(=O)O)C(C)(C)C1=O. The number of carboxylic acids is 1. The largest absolute Gasteiger partial charge is 0.480 e. The Kier molecular flexibility index (Phi) is 3.49. The average Bonchev–Trinajstić information content (AvgIpc) is 2.11. The zero-order valence-corrected chi connectivity index (χ0v) is 10.8. The molecule has 1 aliphatic heterocycles. The van der Waals surface area contributed by atoms with Crippen molar-refractivity contribution < 1.29 is 23.1 Å². The zero-order chi connectivity index (χ0) is 13.4. The molecule has 7 nitrogen and oxygen atoms in total. The second kappa shape index (κ2) is 4.26. The Balaban J connectivity index is 3.07. The van der Waals surface area contributed by atoms with Gasteiger partial charge >= 0.3 is 5.97 Å². The van der Waals surface area contributed by atoms with Crippen molar-refractivity contribution in [3.63, 3.8) is 0 Å². The van der Waals surface area contributed by atoms with Crippen LogP contribution in [0.3, 0.4) is 0 Å². The highest BCUT2D eigenvalue weighted by molar-refractivity contribution is 7.89. The molecule has 0 bridgehead atoms. The van der Waals surface area contributed by atoms with E-state index in [1.54, 1.807) is 7.05 Å². The van der Waals surface area contributed by atoms with E-state index in [9.17, 15) is 18.0 Å². The number of hydrogen-bond donors (Lipinski definition) is 1. The van der Waals surface area contributed by atoms with Crippen LogP contribution in [0.4, 0.5) is 0 Å².